The third-order valence-corrected chi connectivity index (χ3v) is 3.58. The fraction of sp³-hybridized carbons (Fsp3) is 0.222. The molecule has 0 amide bonds. The van der Waals surface area contributed by atoms with Crippen molar-refractivity contribution < 1.29 is 9.15 Å². The first kappa shape index (κ1) is 12.8. The molecule has 1 heterocycles. The van der Waals surface area contributed by atoms with Crippen LogP contribution in [0, 0.1) is 0 Å². The van der Waals surface area contributed by atoms with E-state index in [1.165, 1.54) is 5.56 Å². The van der Waals surface area contributed by atoms with Crippen LogP contribution in [-0.4, -0.2) is 7.11 Å². The van der Waals surface area contributed by atoms with Crippen LogP contribution < -0.4 is 4.74 Å². The molecule has 0 aliphatic carbocycles. The van der Waals surface area contributed by atoms with E-state index in [9.17, 15) is 0 Å². The molecule has 0 atom stereocenters. The lowest BCUT2D eigenvalue weighted by atomic mass is 10.0. The van der Waals surface area contributed by atoms with Gasteiger partial charge in [-0.05, 0) is 41.8 Å². The van der Waals surface area contributed by atoms with Gasteiger partial charge in [0.1, 0.15) is 17.1 Å². The van der Waals surface area contributed by atoms with E-state index in [-0.39, 0.29) is 0 Å². The largest absolute Gasteiger partial charge is 0.496 e. The van der Waals surface area contributed by atoms with Crippen LogP contribution in [0.5, 0.6) is 5.75 Å². The second-order valence-corrected chi connectivity index (χ2v) is 5.26. The summed E-state index contributed by atoms with van der Waals surface area (Å²) in [6.45, 7) is 4.39. The molecule has 102 valence electrons. The van der Waals surface area contributed by atoms with E-state index in [4.69, 9.17) is 9.15 Å². The Morgan fingerprint density at radius 3 is 2.55 bits per heavy atom. The standard InChI is InChI=1S/C18H18O2/c1-12(2)13-8-9-16-14(10-13)11-18(20-16)15-6-4-5-7-17(15)19-3/h4-12H,1-3H3. The van der Waals surface area contributed by atoms with Gasteiger partial charge >= 0.3 is 0 Å². The molecule has 0 saturated carbocycles. The summed E-state index contributed by atoms with van der Waals surface area (Å²) in [4.78, 5) is 0. The Labute approximate surface area is 119 Å². The minimum atomic E-state index is 0.518. The summed E-state index contributed by atoms with van der Waals surface area (Å²) in [7, 11) is 1.68. The fourth-order valence-corrected chi connectivity index (χ4v) is 2.40. The topological polar surface area (TPSA) is 22.4 Å². The number of ether oxygens (including phenoxy) is 1. The van der Waals surface area contributed by atoms with Crippen LogP contribution in [0.1, 0.15) is 25.3 Å². The lowest BCUT2D eigenvalue weighted by Crippen LogP contribution is -1.85. The fourth-order valence-electron chi connectivity index (χ4n) is 2.40. The molecule has 20 heavy (non-hydrogen) atoms. The summed E-state index contributed by atoms with van der Waals surface area (Å²) in [5, 5.41) is 1.14. The van der Waals surface area contributed by atoms with Crippen molar-refractivity contribution >= 4 is 11.0 Å². The van der Waals surface area contributed by atoms with Crippen LogP contribution in [0.3, 0.4) is 0 Å². The third-order valence-electron chi connectivity index (χ3n) is 3.58. The van der Waals surface area contributed by atoms with Gasteiger partial charge in [0.05, 0.1) is 12.7 Å². The Morgan fingerprint density at radius 1 is 1.00 bits per heavy atom. The van der Waals surface area contributed by atoms with Gasteiger partial charge in [0.25, 0.3) is 0 Å². The molecule has 0 radical (unpaired) electrons. The minimum absolute atomic E-state index is 0.518. The van der Waals surface area contributed by atoms with Crippen molar-refractivity contribution in [2.45, 2.75) is 19.8 Å². The molecule has 2 nitrogen and oxygen atoms in total. The lowest BCUT2D eigenvalue weighted by molar-refractivity contribution is 0.415. The van der Waals surface area contributed by atoms with E-state index < -0.39 is 0 Å². The van der Waals surface area contributed by atoms with Gasteiger partial charge in [0.2, 0.25) is 0 Å². The van der Waals surface area contributed by atoms with E-state index in [0.717, 1.165) is 28.0 Å². The van der Waals surface area contributed by atoms with Gasteiger partial charge in [-0.2, -0.15) is 0 Å². The van der Waals surface area contributed by atoms with Crippen LogP contribution in [-0.2, 0) is 0 Å². The molecule has 0 unspecified atom stereocenters. The highest BCUT2D eigenvalue weighted by Crippen LogP contribution is 2.34. The van der Waals surface area contributed by atoms with Gasteiger partial charge in [0.15, 0.2) is 0 Å². The third kappa shape index (κ3) is 2.18. The maximum Gasteiger partial charge on any atom is 0.139 e. The van der Waals surface area contributed by atoms with E-state index in [2.05, 4.69) is 32.0 Å². The maximum absolute atomic E-state index is 5.95. The molecule has 0 fully saturated rings. The minimum Gasteiger partial charge on any atom is -0.496 e. The van der Waals surface area contributed by atoms with E-state index in [1.54, 1.807) is 7.11 Å². The Morgan fingerprint density at radius 2 is 1.80 bits per heavy atom. The molecule has 0 aliphatic rings. The Hall–Kier alpha value is -2.22. The first-order valence-electron chi connectivity index (χ1n) is 6.86. The van der Waals surface area contributed by atoms with Crippen molar-refractivity contribution in [2.24, 2.45) is 0 Å². The monoisotopic (exact) mass is 266 g/mol. The molecule has 1 aromatic heterocycles. The zero-order valence-electron chi connectivity index (χ0n) is 12.0. The van der Waals surface area contributed by atoms with Gasteiger partial charge in [-0.3, -0.25) is 0 Å². The average molecular weight is 266 g/mol. The highest BCUT2D eigenvalue weighted by Gasteiger charge is 2.11. The molecule has 3 aromatic rings. The number of hydrogen-bond donors (Lipinski definition) is 0. The second-order valence-electron chi connectivity index (χ2n) is 5.26. The highest BCUT2D eigenvalue weighted by molar-refractivity contribution is 5.84. The van der Waals surface area contributed by atoms with Gasteiger partial charge < -0.3 is 9.15 Å². The van der Waals surface area contributed by atoms with E-state index in [0.29, 0.717) is 5.92 Å². The Balaban J connectivity index is 2.13. The summed E-state index contributed by atoms with van der Waals surface area (Å²) in [6.07, 6.45) is 0. The summed E-state index contributed by atoms with van der Waals surface area (Å²) in [6, 6.07) is 16.4. The number of fused-ring (bicyclic) bond motifs is 1. The van der Waals surface area contributed by atoms with Crippen LogP contribution in [0.15, 0.2) is 52.9 Å². The van der Waals surface area contributed by atoms with E-state index in [1.807, 2.05) is 30.3 Å². The smallest absolute Gasteiger partial charge is 0.139 e. The van der Waals surface area contributed by atoms with Crippen molar-refractivity contribution in [3.8, 4) is 17.1 Å². The van der Waals surface area contributed by atoms with Gasteiger partial charge in [0, 0.05) is 5.39 Å². The quantitative estimate of drug-likeness (QED) is 0.647. The molecular formula is C18H18O2. The lowest BCUT2D eigenvalue weighted by Gasteiger charge is -2.04. The normalized spacial score (nSPS) is 11.2. The van der Waals surface area contributed by atoms with Crippen LogP contribution in [0.4, 0.5) is 0 Å². The van der Waals surface area contributed by atoms with Crippen molar-refractivity contribution in [1.82, 2.24) is 0 Å². The zero-order valence-corrected chi connectivity index (χ0v) is 12.0. The van der Waals surface area contributed by atoms with E-state index >= 15 is 0 Å². The van der Waals surface area contributed by atoms with Crippen molar-refractivity contribution in [2.75, 3.05) is 7.11 Å². The Bertz CT molecular complexity index is 738. The molecule has 0 spiro atoms. The number of furan rings is 1. The van der Waals surface area contributed by atoms with Gasteiger partial charge in [-0.1, -0.05) is 32.0 Å². The number of para-hydroxylation sites is 1. The number of methoxy groups -OCH3 is 1. The predicted molar refractivity (Wildman–Crippen MR) is 82.3 cm³/mol. The van der Waals surface area contributed by atoms with Gasteiger partial charge in [-0.15, -0.1) is 0 Å². The van der Waals surface area contributed by atoms with Crippen molar-refractivity contribution in [3.05, 3.63) is 54.1 Å². The number of hydrogen-bond acceptors (Lipinski definition) is 2. The molecule has 2 aromatic carbocycles. The van der Waals surface area contributed by atoms with Crippen molar-refractivity contribution in [3.63, 3.8) is 0 Å². The molecule has 2 heteroatoms. The molecular weight excluding hydrogens is 248 g/mol. The molecule has 0 bridgehead atoms. The Kier molecular flexibility index (Phi) is 3.23. The first-order valence-corrected chi connectivity index (χ1v) is 6.86. The van der Waals surface area contributed by atoms with Crippen LogP contribution in [0.25, 0.3) is 22.3 Å². The molecule has 0 aliphatic heterocycles. The molecule has 0 N–H and O–H groups in total. The van der Waals surface area contributed by atoms with Crippen LogP contribution in [0.2, 0.25) is 0 Å². The number of rotatable bonds is 3. The number of benzene rings is 2. The maximum atomic E-state index is 5.95. The highest BCUT2D eigenvalue weighted by atomic mass is 16.5. The summed E-state index contributed by atoms with van der Waals surface area (Å²) >= 11 is 0. The zero-order chi connectivity index (χ0) is 14.1. The predicted octanol–water partition coefficient (Wildman–Crippen LogP) is 5.23. The summed E-state index contributed by atoms with van der Waals surface area (Å²) in [5.41, 5.74) is 3.22. The molecule has 3 rings (SSSR count). The average Bonchev–Trinajstić information content (AvgIpc) is 2.89. The first-order chi connectivity index (χ1) is 9.69. The van der Waals surface area contributed by atoms with Crippen molar-refractivity contribution in [1.29, 1.82) is 0 Å². The molecule has 0 saturated heterocycles. The van der Waals surface area contributed by atoms with Crippen LogP contribution >= 0.6 is 0 Å². The summed E-state index contributed by atoms with van der Waals surface area (Å²) < 4.78 is 11.3. The SMILES string of the molecule is COc1ccccc1-c1cc2cc(C(C)C)ccc2o1. The second kappa shape index (κ2) is 5.04. The van der Waals surface area contributed by atoms with Gasteiger partial charge in [-0.25, -0.2) is 0 Å². The summed E-state index contributed by atoms with van der Waals surface area (Å²) in [5.74, 6) is 2.19.